The zero-order valence-electron chi connectivity index (χ0n) is 17.2. The molecule has 27 heavy (non-hydrogen) atoms. The summed E-state index contributed by atoms with van der Waals surface area (Å²) < 4.78 is 12.6. The minimum Gasteiger partial charge on any atom is -0.375 e. The molecule has 1 saturated heterocycles. The lowest BCUT2D eigenvalue weighted by molar-refractivity contribution is -0.206. The Morgan fingerprint density at radius 1 is 1.30 bits per heavy atom. The van der Waals surface area contributed by atoms with Gasteiger partial charge >= 0.3 is 0 Å². The third-order valence-electron chi connectivity index (χ3n) is 6.47. The van der Waals surface area contributed by atoms with Crippen molar-refractivity contribution >= 4 is 5.91 Å². The van der Waals surface area contributed by atoms with Gasteiger partial charge in [-0.25, -0.2) is 5.48 Å². The maximum Gasteiger partial charge on any atom is 0.252 e. The Kier molecular flexibility index (Phi) is 5.67. The predicted octanol–water partition coefficient (Wildman–Crippen LogP) is 4.01. The molecule has 0 spiro atoms. The maximum absolute atomic E-state index is 13.1. The van der Waals surface area contributed by atoms with Crippen molar-refractivity contribution in [2.75, 3.05) is 6.61 Å². The molecule has 5 heteroatoms. The number of carbonyl (C=O) groups is 1. The molecule has 1 aromatic rings. The van der Waals surface area contributed by atoms with Crippen molar-refractivity contribution in [1.29, 1.82) is 0 Å². The van der Waals surface area contributed by atoms with Crippen LogP contribution in [0, 0.1) is 11.3 Å². The van der Waals surface area contributed by atoms with Crippen molar-refractivity contribution in [1.82, 2.24) is 5.48 Å². The molecular formula is C22H33NO4. The molecule has 1 saturated carbocycles. The van der Waals surface area contributed by atoms with E-state index in [4.69, 9.17) is 14.3 Å². The number of hydroxylamine groups is 1. The fraction of sp³-hybridized carbons (Fsp3) is 0.682. The van der Waals surface area contributed by atoms with Gasteiger partial charge in [0.25, 0.3) is 5.91 Å². The highest BCUT2D eigenvalue weighted by Gasteiger charge is 2.71. The number of hydrogen-bond acceptors (Lipinski definition) is 4. The normalized spacial score (nSPS) is 32.4. The number of rotatable bonds is 8. The van der Waals surface area contributed by atoms with E-state index < -0.39 is 16.6 Å². The molecule has 1 aliphatic carbocycles. The van der Waals surface area contributed by atoms with Crippen LogP contribution in [0.1, 0.15) is 59.4 Å². The largest absolute Gasteiger partial charge is 0.375 e. The molecule has 2 bridgehead atoms. The molecule has 2 fully saturated rings. The summed E-state index contributed by atoms with van der Waals surface area (Å²) in [6.45, 7) is 11.5. The smallest absolute Gasteiger partial charge is 0.252 e. The molecule has 4 atom stereocenters. The van der Waals surface area contributed by atoms with Crippen molar-refractivity contribution in [3.05, 3.63) is 35.9 Å². The van der Waals surface area contributed by atoms with Crippen molar-refractivity contribution < 1.29 is 19.1 Å². The summed E-state index contributed by atoms with van der Waals surface area (Å²) >= 11 is 0. The summed E-state index contributed by atoms with van der Waals surface area (Å²) in [5, 5.41) is 0. The first kappa shape index (κ1) is 20.3. The van der Waals surface area contributed by atoms with Crippen LogP contribution in [0.25, 0.3) is 0 Å². The Bertz CT molecular complexity index is 662. The molecule has 1 amide bonds. The highest BCUT2D eigenvalue weighted by Crippen LogP contribution is 2.62. The van der Waals surface area contributed by atoms with Gasteiger partial charge < -0.3 is 9.47 Å². The van der Waals surface area contributed by atoms with Crippen molar-refractivity contribution in [3.63, 3.8) is 0 Å². The molecule has 5 nitrogen and oxygen atoms in total. The Morgan fingerprint density at radius 2 is 2.00 bits per heavy atom. The average molecular weight is 376 g/mol. The van der Waals surface area contributed by atoms with Crippen LogP contribution in [0.5, 0.6) is 0 Å². The minimum atomic E-state index is -0.640. The number of ether oxygens (including phenoxy) is 2. The van der Waals surface area contributed by atoms with E-state index in [1.807, 2.05) is 44.2 Å². The number of hydrogen-bond donors (Lipinski definition) is 1. The molecule has 0 radical (unpaired) electrons. The summed E-state index contributed by atoms with van der Waals surface area (Å²) in [5.74, 6) is 0.390. The Morgan fingerprint density at radius 3 is 2.67 bits per heavy atom. The van der Waals surface area contributed by atoms with E-state index in [1.165, 1.54) is 0 Å². The second-order valence-electron chi connectivity index (χ2n) is 8.93. The lowest BCUT2D eigenvalue weighted by Crippen LogP contribution is -2.55. The van der Waals surface area contributed by atoms with E-state index in [-0.39, 0.29) is 12.0 Å². The standard InChI is InChI=1S/C22H33NO4/c1-6-16(2)13-25-18-12-22(15-21(18,5)27-20(22,3)4)19(24)23-26-14-17-10-8-7-9-11-17/h7-11,16,18H,6,12-15H2,1-5H3,(H,23,24). The zero-order valence-corrected chi connectivity index (χ0v) is 17.2. The van der Waals surface area contributed by atoms with E-state index in [0.717, 1.165) is 12.0 Å². The van der Waals surface area contributed by atoms with Crippen LogP contribution >= 0.6 is 0 Å². The highest BCUT2D eigenvalue weighted by atomic mass is 16.7. The molecule has 1 N–H and O–H groups in total. The topological polar surface area (TPSA) is 56.8 Å². The van der Waals surface area contributed by atoms with Gasteiger partial charge in [0.15, 0.2) is 0 Å². The van der Waals surface area contributed by atoms with Crippen LogP contribution in [0.2, 0.25) is 0 Å². The van der Waals surface area contributed by atoms with Gasteiger partial charge in [-0.05, 0) is 45.1 Å². The molecule has 150 valence electrons. The summed E-state index contributed by atoms with van der Waals surface area (Å²) in [4.78, 5) is 18.7. The quantitative estimate of drug-likeness (QED) is 0.698. The van der Waals surface area contributed by atoms with Crippen LogP contribution < -0.4 is 5.48 Å². The van der Waals surface area contributed by atoms with Gasteiger partial charge in [0, 0.05) is 6.61 Å². The number of amides is 1. The summed E-state index contributed by atoms with van der Waals surface area (Å²) in [5.41, 5.74) is 2.07. The highest BCUT2D eigenvalue weighted by molar-refractivity contribution is 5.84. The third-order valence-corrected chi connectivity index (χ3v) is 6.47. The Labute approximate surface area is 162 Å². The fourth-order valence-electron chi connectivity index (χ4n) is 4.50. The van der Waals surface area contributed by atoms with Crippen LogP contribution in [-0.4, -0.2) is 29.8 Å². The summed E-state index contributed by atoms with van der Waals surface area (Å²) in [7, 11) is 0. The first-order valence-electron chi connectivity index (χ1n) is 10.0. The monoisotopic (exact) mass is 375 g/mol. The molecule has 2 aliphatic rings. The van der Waals surface area contributed by atoms with Gasteiger partial charge in [0.1, 0.15) is 0 Å². The maximum atomic E-state index is 13.1. The van der Waals surface area contributed by atoms with Gasteiger partial charge in [0.2, 0.25) is 0 Å². The van der Waals surface area contributed by atoms with Crippen LogP contribution in [0.3, 0.4) is 0 Å². The molecule has 0 aromatic heterocycles. The van der Waals surface area contributed by atoms with Crippen molar-refractivity contribution in [2.45, 2.75) is 77.8 Å². The molecule has 3 rings (SSSR count). The SMILES string of the molecule is CCC(C)COC1CC2(C(=O)NOCc3ccccc3)CC1(C)OC2(C)C. The van der Waals surface area contributed by atoms with Gasteiger partial charge in [0.05, 0.1) is 29.3 Å². The summed E-state index contributed by atoms with van der Waals surface area (Å²) in [6.07, 6.45) is 2.32. The van der Waals surface area contributed by atoms with Gasteiger partial charge in [-0.2, -0.15) is 0 Å². The van der Waals surface area contributed by atoms with Crippen LogP contribution in [0.15, 0.2) is 30.3 Å². The van der Waals surface area contributed by atoms with Crippen LogP contribution in [-0.2, 0) is 25.7 Å². The molecular weight excluding hydrogens is 342 g/mol. The van der Waals surface area contributed by atoms with Crippen LogP contribution in [0.4, 0.5) is 0 Å². The second kappa shape index (κ2) is 7.53. The number of nitrogens with one attached hydrogen (secondary N) is 1. The number of benzene rings is 1. The van der Waals surface area contributed by atoms with E-state index in [9.17, 15) is 4.79 Å². The third kappa shape index (κ3) is 3.78. The first-order chi connectivity index (χ1) is 12.7. The number of carbonyl (C=O) groups excluding carboxylic acids is 1. The van der Waals surface area contributed by atoms with E-state index >= 15 is 0 Å². The van der Waals surface area contributed by atoms with Crippen molar-refractivity contribution in [2.24, 2.45) is 11.3 Å². The second-order valence-corrected chi connectivity index (χ2v) is 8.93. The summed E-state index contributed by atoms with van der Waals surface area (Å²) in [6, 6.07) is 9.80. The molecule has 1 heterocycles. The van der Waals surface area contributed by atoms with E-state index in [1.54, 1.807) is 0 Å². The Balaban J connectivity index is 1.65. The average Bonchev–Trinajstić information content (AvgIpc) is 3.04. The molecule has 1 aromatic carbocycles. The zero-order chi connectivity index (χ0) is 19.7. The number of fused-ring (bicyclic) bond motifs is 2. The van der Waals surface area contributed by atoms with Gasteiger partial charge in [-0.1, -0.05) is 50.6 Å². The first-order valence-corrected chi connectivity index (χ1v) is 10.0. The molecule has 4 unspecified atom stereocenters. The fourth-order valence-corrected chi connectivity index (χ4v) is 4.50. The van der Waals surface area contributed by atoms with Gasteiger partial charge in [-0.3, -0.25) is 9.63 Å². The Hall–Kier alpha value is -1.43. The molecule has 1 aliphatic heterocycles. The van der Waals surface area contributed by atoms with Crippen molar-refractivity contribution in [3.8, 4) is 0 Å². The minimum absolute atomic E-state index is 0.0700. The van der Waals surface area contributed by atoms with E-state index in [2.05, 4.69) is 26.3 Å². The predicted molar refractivity (Wildman–Crippen MR) is 104 cm³/mol. The lowest BCUT2D eigenvalue weighted by Gasteiger charge is -2.44. The van der Waals surface area contributed by atoms with E-state index in [0.29, 0.717) is 32.0 Å². The van der Waals surface area contributed by atoms with Gasteiger partial charge in [-0.15, -0.1) is 0 Å². The lowest BCUT2D eigenvalue weighted by atomic mass is 9.72.